The van der Waals surface area contributed by atoms with Crippen molar-refractivity contribution in [2.45, 2.75) is 33.2 Å². The number of halogens is 1. The third-order valence-electron chi connectivity index (χ3n) is 2.19. The Morgan fingerprint density at radius 3 is 2.64 bits per heavy atom. The van der Waals surface area contributed by atoms with E-state index in [1.54, 1.807) is 6.20 Å². The summed E-state index contributed by atoms with van der Waals surface area (Å²) in [6.07, 6.45) is 2.44. The first-order valence-electron chi connectivity index (χ1n) is 4.89. The van der Waals surface area contributed by atoms with Gasteiger partial charge in [0.25, 0.3) is 0 Å². The Hall–Kier alpha value is -0.540. The summed E-state index contributed by atoms with van der Waals surface area (Å²) in [6, 6.07) is 0.309. The molecule has 80 valence electrons. The number of aromatic nitrogens is 2. The SMILES string of the molecule is CC(CO)Cc1c(Cl)cnn1C(C)C. The van der Waals surface area contributed by atoms with Crippen molar-refractivity contribution in [3.05, 3.63) is 16.9 Å². The van der Waals surface area contributed by atoms with Gasteiger partial charge in [-0.3, -0.25) is 4.68 Å². The van der Waals surface area contributed by atoms with Crippen LogP contribution in [0.15, 0.2) is 6.20 Å². The van der Waals surface area contributed by atoms with E-state index in [4.69, 9.17) is 16.7 Å². The maximum atomic E-state index is 8.98. The van der Waals surface area contributed by atoms with E-state index in [2.05, 4.69) is 18.9 Å². The summed E-state index contributed by atoms with van der Waals surface area (Å²) in [7, 11) is 0. The molecule has 1 rings (SSSR count). The van der Waals surface area contributed by atoms with Gasteiger partial charge in [0.15, 0.2) is 0 Å². The number of hydrogen-bond acceptors (Lipinski definition) is 2. The van der Waals surface area contributed by atoms with Crippen molar-refractivity contribution in [3.63, 3.8) is 0 Å². The second kappa shape index (κ2) is 4.80. The van der Waals surface area contributed by atoms with Crippen LogP contribution in [-0.4, -0.2) is 21.5 Å². The molecule has 1 N–H and O–H groups in total. The fraction of sp³-hybridized carbons (Fsp3) is 0.700. The van der Waals surface area contributed by atoms with Crippen LogP contribution in [-0.2, 0) is 6.42 Å². The Morgan fingerprint density at radius 1 is 1.50 bits per heavy atom. The highest BCUT2D eigenvalue weighted by molar-refractivity contribution is 6.31. The molecule has 0 aliphatic heterocycles. The van der Waals surface area contributed by atoms with Gasteiger partial charge >= 0.3 is 0 Å². The van der Waals surface area contributed by atoms with E-state index < -0.39 is 0 Å². The lowest BCUT2D eigenvalue weighted by Crippen LogP contribution is -2.12. The molecular formula is C10H17ClN2O. The van der Waals surface area contributed by atoms with Gasteiger partial charge in [-0.05, 0) is 26.2 Å². The van der Waals surface area contributed by atoms with Crippen LogP contribution in [0, 0.1) is 5.92 Å². The van der Waals surface area contributed by atoms with Crippen molar-refractivity contribution in [1.29, 1.82) is 0 Å². The van der Waals surface area contributed by atoms with Crippen molar-refractivity contribution in [3.8, 4) is 0 Å². The van der Waals surface area contributed by atoms with Gasteiger partial charge < -0.3 is 5.11 Å². The van der Waals surface area contributed by atoms with Crippen molar-refractivity contribution in [2.24, 2.45) is 5.92 Å². The third-order valence-corrected chi connectivity index (χ3v) is 2.51. The van der Waals surface area contributed by atoms with Gasteiger partial charge in [-0.25, -0.2) is 0 Å². The summed E-state index contributed by atoms with van der Waals surface area (Å²) in [4.78, 5) is 0. The molecule has 0 saturated carbocycles. The van der Waals surface area contributed by atoms with Gasteiger partial charge in [-0.2, -0.15) is 5.10 Å². The quantitative estimate of drug-likeness (QED) is 0.839. The van der Waals surface area contributed by atoms with Gasteiger partial charge in [-0.1, -0.05) is 18.5 Å². The smallest absolute Gasteiger partial charge is 0.0818 e. The zero-order valence-corrected chi connectivity index (χ0v) is 9.62. The fourth-order valence-electron chi connectivity index (χ4n) is 1.40. The minimum absolute atomic E-state index is 0.180. The zero-order valence-electron chi connectivity index (χ0n) is 8.87. The second-order valence-corrected chi connectivity index (χ2v) is 4.38. The first-order chi connectivity index (χ1) is 6.56. The monoisotopic (exact) mass is 216 g/mol. The van der Waals surface area contributed by atoms with E-state index in [0.717, 1.165) is 12.1 Å². The molecule has 0 amide bonds. The largest absolute Gasteiger partial charge is 0.396 e. The highest BCUT2D eigenvalue weighted by atomic mass is 35.5. The van der Waals surface area contributed by atoms with Gasteiger partial charge in [-0.15, -0.1) is 0 Å². The molecule has 3 nitrogen and oxygen atoms in total. The lowest BCUT2D eigenvalue weighted by Gasteiger charge is -2.13. The van der Waals surface area contributed by atoms with Gasteiger partial charge in [0.1, 0.15) is 0 Å². The van der Waals surface area contributed by atoms with Crippen molar-refractivity contribution < 1.29 is 5.11 Å². The second-order valence-electron chi connectivity index (χ2n) is 3.97. The van der Waals surface area contributed by atoms with Crippen LogP contribution in [0.2, 0.25) is 5.02 Å². The van der Waals surface area contributed by atoms with Crippen LogP contribution in [0.25, 0.3) is 0 Å². The van der Waals surface area contributed by atoms with Crippen molar-refractivity contribution >= 4 is 11.6 Å². The van der Waals surface area contributed by atoms with Crippen molar-refractivity contribution in [1.82, 2.24) is 9.78 Å². The first-order valence-corrected chi connectivity index (χ1v) is 5.26. The molecule has 0 saturated heterocycles. The molecule has 0 aromatic carbocycles. The molecule has 4 heteroatoms. The molecule has 0 aliphatic rings. The van der Waals surface area contributed by atoms with Crippen molar-refractivity contribution in [2.75, 3.05) is 6.61 Å². The van der Waals surface area contributed by atoms with Crippen LogP contribution in [0.5, 0.6) is 0 Å². The van der Waals surface area contributed by atoms with E-state index >= 15 is 0 Å². The van der Waals surface area contributed by atoms with E-state index in [1.807, 2.05) is 11.6 Å². The first kappa shape index (κ1) is 11.5. The topological polar surface area (TPSA) is 38.1 Å². The number of nitrogens with zero attached hydrogens (tertiary/aromatic N) is 2. The predicted molar refractivity (Wildman–Crippen MR) is 57.6 cm³/mol. The number of aliphatic hydroxyl groups excluding tert-OH is 1. The van der Waals surface area contributed by atoms with E-state index in [1.165, 1.54) is 0 Å². The molecule has 1 unspecified atom stereocenters. The summed E-state index contributed by atoms with van der Waals surface area (Å²) < 4.78 is 1.91. The summed E-state index contributed by atoms with van der Waals surface area (Å²) in [6.45, 7) is 6.31. The molecule has 1 heterocycles. The Kier molecular flexibility index (Phi) is 3.96. The molecule has 1 atom stereocenters. The maximum Gasteiger partial charge on any atom is 0.0818 e. The standard InChI is InChI=1S/C10H17ClN2O/c1-7(2)13-10(4-8(3)6-14)9(11)5-12-13/h5,7-8,14H,4,6H2,1-3H3. The van der Waals surface area contributed by atoms with Gasteiger partial charge in [0.05, 0.1) is 16.9 Å². The molecule has 0 spiro atoms. The molecule has 0 aliphatic carbocycles. The molecule has 0 fully saturated rings. The summed E-state index contributed by atoms with van der Waals surface area (Å²) in [5.74, 6) is 0.224. The molecular weight excluding hydrogens is 200 g/mol. The van der Waals surface area contributed by atoms with Gasteiger partial charge in [0.2, 0.25) is 0 Å². The molecule has 14 heavy (non-hydrogen) atoms. The van der Waals surface area contributed by atoms with Gasteiger partial charge in [0, 0.05) is 12.6 Å². The van der Waals surface area contributed by atoms with E-state index in [9.17, 15) is 0 Å². The summed E-state index contributed by atoms with van der Waals surface area (Å²) in [5.41, 5.74) is 1.02. The molecule has 0 bridgehead atoms. The predicted octanol–water partition coefficient (Wildman–Crippen LogP) is 2.29. The van der Waals surface area contributed by atoms with Crippen LogP contribution < -0.4 is 0 Å². The minimum Gasteiger partial charge on any atom is -0.396 e. The number of hydrogen-bond donors (Lipinski definition) is 1. The average Bonchev–Trinajstić information content (AvgIpc) is 2.48. The van der Waals surface area contributed by atoms with Crippen LogP contribution in [0.1, 0.15) is 32.5 Å². The molecule has 0 radical (unpaired) electrons. The summed E-state index contributed by atoms with van der Waals surface area (Å²) >= 11 is 6.03. The summed E-state index contributed by atoms with van der Waals surface area (Å²) in [5, 5.41) is 13.9. The van der Waals surface area contributed by atoms with Crippen LogP contribution in [0.4, 0.5) is 0 Å². The molecule has 1 aromatic heterocycles. The van der Waals surface area contributed by atoms with Crippen LogP contribution >= 0.6 is 11.6 Å². The molecule has 1 aromatic rings. The number of rotatable bonds is 4. The fourth-order valence-corrected chi connectivity index (χ4v) is 1.60. The lowest BCUT2D eigenvalue weighted by molar-refractivity contribution is 0.234. The van der Waals surface area contributed by atoms with E-state index in [-0.39, 0.29) is 12.5 Å². The lowest BCUT2D eigenvalue weighted by atomic mass is 10.1. The minimum atomic E-state index is 0.180. The van der Waals surface area contributed by atoms with Crippen LogP contribution in [0.3, 0.4) is 0 Å². The Balaban J connectivity index is 2.88. The highest BCUT2D eigenvalue weighted by Gasteiger charge is 2.14. The third kappa shape index (κ3) is 2.49. The highest BCUT2D eigenvalue weighted by Crippen LogP contribution is 2.21. The Morgan fingerprint density at radius 2 is 2.14 bits per heavy atom. The zero-order chi connectivity index (χ0) is 10.7. The Bertz CT molecular complexity index is 296. The Labute approximate surface area is 89.7 Å². The maximum absolute atomic E-state index is 8.98. The number of aliphatic hydroxyl groups is 1. The normalized spacial score (nSPS) is 13.6. The van der Waals surface area contributed by atoms with E-state index in [0.29, 0.717) is 11.1 Å². The average molecular weight is 217 g/mol.